The summed E-state index contributed by atoms with van der Waals surface area (Å²) in [5.41, 5.74) is 2.45. The standard InChI is InChI=1S/C15H19NO2S/c1-16-14(8-11-6-7-19-10-11)13-9-12(17-2)4-5-15(13)18-3/h4-7,9-10,14,16H,8H2,1-3H3. The van der Waals surface area contributed by atoms with Crippen LogP contribution in [0.5, 0.6) is 11.5 Å². The minimum atomic E-state index is 0.208. The van der Waals surface area contributed by atoms with Gasteiger partial charge in [0.25, 0.3) is 0 Å². The fraction of sp³-hybridized carbons (Fsp3) is 0.333. The number of methoxy groups -OCH3 is 2. The summed E-state index contributed by atoms with van der Waals surface area (Å²) in [6, 6.07) is 8.26. The Kier molecular flexibility index (Phi) is 4.82. The fourth-order valence-electron chi connectivity index (χ4n) is 2.12. The van der Waals surface area contributed by atoms with Crippen molar-refractivity contribution in [3.8, 4) is 11.5 Å². The average Bonchev–Trinajstić information content (AvgIpc) is 2.97. The lowest BCUT2D eigenvalue weighted by Crippen LogP contribution is -2.19. The Morgan fingerprint density at radius 3 is 2.63 bits per heavy atom. The Morgan fingerprint density at radius 1 is 1.21 bits per heavy atom. The van der Waals surface area contributed by atoms with E-state index in [-0.39, 0.29) is 6.04 Å². The number of nitrogens with one attached hydrogen (secondary N) is 1. The highest BCUT2D eigenvalue weighted by molar-refractivity contribution is 7.07. The second-order valence-corrected chi connectivity index (χ2v) is 5.06. The summed E-state index contributed by atoms with van der Waals surface area (Å²) in [4.78, 5) is 0. The van der Waals surface area contributed by atoms with Crippen molar-refractivity contribution < 1.29 is 9.47 Å². The molecule has 1 aromatic carbocycles. The maximum absolute atomic E-state index is 5.45. The van der Waals surface area contributed by atoms with Crippen LogP contribution in [-0.2, 0) is 6.42 Å². The first-order valence-corrected chi connectivity index (χ1v) is 7.13. The van der Waals surface area contributed by atoms with Gasteiger partial charge in [-0.1, -0.05) is 0 Å². The Labute approximate surface area is 118 Å². The molecule has 0 saturated carbocycles. The number of thiophene rings is 1. The summed E-state index contributed by atoms with van der Waals surface area (Å²) in [6.45, 7) is 0. The van der Waals surface area contributed by atoms with E-state index in [4.69, 9.17) is 9.47 Å². The van der Waals surface area contributed by atoms with Crippen LogP contribution in [0.3, 0.4) is 0 Å². The zero-order valence-corrected chi connectivity index (χ0v) is 12.3. The zero-order chi connectivity index (χ0) is 13.7. The van der Waals surface area contributed by atoms with E-state index in [2.05, 4.69) is 22.1 Å². The molecule has 3 nitrogen and oxygen atoms in total. The van der Waals surface area contributed by atoms with Crippen LogP contribution in [0.1, 0.15) is 17.2 Å². The van der Waals surface area contributed by atoms with Crippen LogP contribution in [0, 0.1) is 0 Å². The van der Waals surface area contributed by atoms with Gasteiger partial charge in [-0.15, -0.1) is 0 Å². The maximum atomic E-state index is 5.45. The van der Waals surface area contributed by atoms with Gasteiger partial charge >= 0.3 is 0 Å². The topological polar surface area (TPSA) is 30.5 Å². The second-order valence-electron chi connectivity index (χ2n) is 4.28. The molecule has 0 fully saturated rings. The molecule has 0 bridgehead atoms. The molecular weight excluding hydrogens is 258 g/mol. The van der Waals surface area contributed by atoms with Crippen LogP contribution >= 0.6 is 11.3 Å². The molecular formula is C15H19NO2S. The molecule has 1 aromatic heterocycles. The van der Waals surface area contributed by atoms with E-state index >= 15 is 0 Å². The minimum absolute atomic E-state index is 0.208. The summed E-state index contributed by atoms with van der Waals surface area (Å²) in [5.74, 6) is 1.73. The van der Waals surface area contributed by atoms with Crippen LogP contribution in [0.2, 0.25) is 0 Å². The van der Waals surface area contributed by atoms with Crippen molar-refractivity contribution in [2.75, 3.05) is 21.3 Å². The summed E-state index contributed by atoms with van der Waals surface area (Å²) in [6.07, 6.45) is 0.934. The first-order chi connectivity index (χ1) is 9.28. The zero-order valence-electron chi connectivity index (χ0n) is 11.5. The summed E-state index contributed by atoms with van der Waals surface area (Å²) >= 11 is 1.72. The molecule has 2 aromatic rings. The Bertz CT molecular complexity index is 511. The van der Waals surface area contributed by atoms with Gasteiger partial charge in [0.2, 0.25) is 0 Å². The lowest BCUT2D eigenvalue weighted by molar-refractivity contribution is 0.391. The van der Waals surface area contributed by atoms with E-state index in [1.807, 2.05) is 25.2 Å². The third kappa shape index (κ3) is 3.28. The van der Waals surface area contributed by atoms with Crippen molar-refractivity contribution >= 4 is 11.3 Å². The van der Waals surface area contributed by atoms with Crippen molar-refractivity contribution in [2.24, 2.45) is 0 Å². The highest BCUT2D eigenvalue weighted by Gasteiger charge is 2.16. The van der Waals surface area contributed by atoms with E-state index < -0.39 is 0 Å². The first kappa shape index (κ1) is 13.9. The van der Waals surface area contributed by atoms with Crippen LogP contribution < -0.4 is 14.8 Å². The quantitative estimate of drug-likeness (QED) is 0.879. The molecule has 0 spiro atoms. The molecule has 1 heterocycles. The van der Waals surface area contributed by atoms with Gasteiger partial charge in [-0.25, -0.2) is 0 Å². The molecule has 102 valence electrons. The Hall–Kier alpha value is -1.52. The molecule has 0 saturated heterocycles. The van der Waals surface area contributed by atoms with Crippen molar-refractivity contribution in [1.82, 2.24) is 5.32 Å². The molecule has 1 unspecified atom stereocenters. The monoisotopic (exact) mass is 277 g/mol. The highest BCUT2D eigenvalue weighted by atomic mass is 32.1. The predicted molar refractivity (Wildman–Crippen MR) is 79.4 cm³/mol. The maximum Gasteiger partial charge on any atom is 0.123 e. The molecule has 0 radical (unpaired) electrons. The van der Waals surface area contributed by atoms with Gasteiger partial charge in [-0.05, 0) is 54.1 Å². The average molecular weight is 277 g/mol. The van der Waals surface area contributed by atoms with Crippen molar-refractivity contribution in [1.29, 1.82) is 0 Å². The number of likely N-dealkylation sites (N-methyl/N-ethyl adjacent to an activating group) is 1. The SMILES string of the molecule is CNC(Cc1ccsc1)c1cc(OC)ccc1OC. The highest BCUT2D eigenvalue weighted by Crippen LogP contribution is 2.31. The third-order valence-electron chi connectivity index (χ3n) is 3.18. The Balaban J connectivity index is 2.30. The normalized spacial score (nSPS) is 12.2. The van der Waals surface area contributed by atoms with Crippen LogP contribution in [-0.4, -0.2) is 21.3 Å². The molecule has 0 amide bonds. The third-order valence-corrected chi connectivity index (χ3v) is 3.91. The predicted octanol–water partition coefficient (Wildman–Crippen LogP) is 3.27. The van der Waals surface area contributed by atoms with E-state index in [0.29, 0.717) is 0 Å². The van der Waals surface area contributed by atoms with Gasteiger partial charge < -0.3 is 14.8 Å². The van der Waals surface area contributed by atoms with Gasteiger partial charge in [-0.3, -0.25) is 0 Å². The van der Waals surface area contributed by atoms with E-state index in [1.165, 1.54) is 5.56 Å². The van der Waals surface area contributed by atoms with Crippen molar-refractivity contribution in [2.45, 2.75) is 12.5 Å². The van der Waals surface area contributed by atoms with Gasteiger partial charge in [0, 0.05) is 11.6 Å². The van der Waals surface area contributed by atoms with Gasteiger partial charge in [-0.2, -0.15) is 11.3 Å². The van der Waals surface area contributed by atoms with Crippen molar-refractivity contribution in [3.63, 3.8) is 0 Å². The smallest absolute Gasteiger partial charge is 0.123 e. The molecule has 4 heteroatoms. The first-order valence-electron chi connectivity index (χ1n) is 6.18. The van der Waals surface area contributed by atoms with Gasteiger partial charge in [0.15, 0.2) is 0 Å². The summed E-state index contributed by atoms with van der Waals surface area (Å²) in [7, 11) is 5.34. The lowest BCUT2D eigenvalue weighted by atomic mass is 9.99. The number of hydrogen-bond donors (Lipinski definition) is 1. The molecule has 0 aliphatic rings. The van der Waals surface area contributed by atoms with E-state index in [9.17, 15) is 0 Å². The van der Waals surface area contributed by atoms with Gasteiger partial charge in [0.05, 0.1) is 14.2 Å². The van der Waals surface area contributed by atoms with Crippen molar-refractivity contribution in [3.05, 3.63) is 46.2 Å². The second kappa shape index (κ2) is 6.59. The number of rotatable bonds is 6. The van der Waals surface area contributed by atoms with E-state index in [0.717, 1.165) is 23.5 Å². The van der Waals surface area contributed by atoms with Crippen LogP contribution in [0.25, 0.3) is 0 Å². The van der Waals surface area contributed by atoms with E-state index in [1.54, 1.807) is 25.6 Å². The molecule has 2 rings (SSSR count). The largest absolute Gasteiger partial charge is 0.497 e. The summed E-state index contributed by atoms with van der Waals surface area (Å²) < 4.78 is 10.8. The molecule has 0 aliphatic carbocycles. The molecule has 19 heavy (non-hydrogen) atoms. The minimum Gasteiger partial charge on any atom is -0.497 e. The number of benzene rings is 1. The lowest BCUT2D eigenvalue weighted by Gasteiger charge is -2.19. The fourth-order valence-corrected chi connectivity index (χ4v) is 2.81. The van der Waals surface area contributed by atoms with Crippen LogP contribution in [0.15, 0.2) is 35.0 Å². The molecule has 1 atom stereocenters. The van der Waals surface area contributed by atoms with Gasteiger partial charge in [0.1, 0.15) is 11.5 Å². The summed E-state index contributed by atoms with van der Waals surface area (Å²) in [5, 5.41) is 7.63. The number of hydrogen-bond acceptors (Lipinski definition) is 4. The molecule has 0 aliphatic heterocycles. The number of ether oxygens (including phenoxy) is 2. The molecule has 1 N–H and O–H groups in total. The van der Waals surface area contributed by atoms with Crippen LogP contribution in [0.4, 0.5) is 0 Å². The Morgan fingerprint density at radius 2 is 2.05 bits per heavy atom.